The highest BCUT2D eigenvalue weighted by atomic mass is 15.5. The lowest BCUT2D eigenvalue weighted by Gasteiger charge is -2.20. The molecule has 5 nitrogen and oxygen atoms in total. The van der Waals surface area contributed by atoms with E-state index in [2.05, 4.69) is 35.0 Å². The van der Waals surface area contributed by atoms with Crippen molar-refractivity contribution in [1.82, 2.24) is 15.0 Å². The number of anilines is 1. The van der Waals surface area contributed by atoms with Gasteiger partial charge in [-0.05, 0) is 31.4 Å². The van der Waals surface area contributed by atoms with Crippen molar-refractivity contribution >= 4 is 5.82 Å². The summed E-state index contributed by atoms with van der Waals surface area (Å²) >= 11 is 0. The molecule has 0 amide bonds. The molecule has 1 aromatic carbocycles. The zero-order valence-corrected chi connectivity index (χ0v) is 12.9. The van der Waals surface area contributed by atoms with Crippen molar-refractivity contribution in [2.24, 2.45) is 0 Å². The van der Waals surface area contributed by atoms with Crippen molar-refractivity contribution in [3.8, 4) is 11.8 Å². The minimum Gasteiger partial charge on any atom is -0.353 e. The minimum absolute atomic E-state index is 0.389. The average Bonchev–Trinajstić information content (AvgIpc) is 2.91. The third-order valence-corrected chi connectivity index (χ3v) is 3.32. The van der Waals surface area contributed by atoms with Crippen LogP contribution in [0.5, 0.6) is 0 Å². The van der Waals surface area contributed by atoms with Crippen LogP contribution in [0.1, 0.15) is 37.9 Å². The summed E-state index contributed by atoms with van der Waals surface area (Å²) in [6.45, 7) is 8.03. The smallest absolute Gasteiger partial charge is 0.207 e. The van der Waals surface area contributed by atoms with Crippen molar-refractivity contribution in [3.63, 3.8) is 0 Å². The summed E-state index contributed by atoms with van der Waals surface area (Å²) in [6.07, 6.45) is 2.03. The topological polar surface area (TPSA) is 57.7 Å². The van der Waals surface area contributed by atoms with Crippen LogP contribution in [-0.4, -0.2) is 28.1 Å². The highest BCUT2D eigenvalue weighted by Gasteiger charge is 2.18. The fourth-order valence-corrected chi connectivity index (χ4v) is 2.34. The summed E-state index contributed by atoms with van der Waals surface area (Å²) in [5, 5.41) is 18.2. The van der Waals surface area contributed by atoms with Gasteiger partial charge in [0.1, 0.15) is 6.07 Å². The first kappa shape index (κ1) is 15.0. The molecular weight excluding hydrogens is 262 g/mol. The lowest BCUT2D eigenvalue weighted by atomic mass is 10.2. The predicted octanol–water partition coefficient (Wildman–Crippen LogP) is 3.07. The van der Waals surface area contributed by atoms with Gasteiger partial charge in [-0.2, -0.15) is 5.26 Å². The molecule has 0 aliphatic rings. The lowest BCUT2D eigenvalue weighted by molar-refractivity contribution is 0.706. The summed E-state index contributed by atoms with van der Waals surface area (Å²) in [5.74, 6) is 0.685. The van der Waals surface area contributed by atoms with Gasteiger partial charge >= 0.3 is 0 Å². The van der Waals surface area contributed by atoms with Gasteiger partial charge in [0.2, 0.25) is 5.69 Å². The normalized spacial score (nSPS) is 10.4. The number of nitriles is 1. The number of aromatic nitrogens is 3. The molecule has 0 radical (unpaired) electrons. The largest absolute Gasteiger partial charge is 0.353 e. The minimum atomic E-state index is 0.389. The number of hydrogen-bond donors (Lipinski definition) is 0. The van der Waals surface area contributed by atoms with Crippen LogP contribution in [0, 0.1) is 18.3 Å². The second kappa shape index (κ2) is 6.89. The molecule has 0 aliphatic heterocycles. The Balaban J connectivity index is 2.44. The van der Waals surface area contributed by atoms with E-state index in [4.69, 9.17) is 0 Å². The van der Waals surface area contributed by atoms with Crippen LogP contribution in [0.4, 0.5) is 5.82 Å². The molecule has 5 heteroatoms. The van der Waals surface area contributed by atoms with Crippen molar-refractivity contribution < 1.29 is 0 Å². The van der Waals surface area contributed by atoms with Gasteiger partial charge in [-0.1, -0.05) is 32.0 Å². The fourth-order valence-electron chi connectivity index (χ4n) is 2.34. The first-order valence-electron chi connectivity index (χ1n) is 7.39. The molecule has 0 unspecified atom stereocenters. The van der Waals surface area contributed by atoms with Gasteiger partial charge in [0.25, 0.3) is 0 Å². The average molecular weight is 283 g/mol. The van der Waals surface area contributed by atoms with Crippen LogP contribution < -0.4 is 4.90 Å². The van der Waals surface area contributed by atoms with E-state index in [0.29, 0.717) is 11.5 Å². The molecule has 110 valence electrons. The molecule has 0 fully saturated rings. The van der Waals surface area contributed by atoms with E-state index in [1.54, 1.807) is 4.80 Å². The molecule has 0 spiro atoms. The standard InChI is InChI=1S/C16H21N5/c1-4-10-20(11-5-2)16-14(12-17)18-21(19-16)15-9-7-6-8-13(15)3/h6-9H,4-5,10-11H2,1-3H3. The van der Waals surface area contributed by atoms with Gasteiger partial charge in [-0.15, -0.1) is 15.0 Å². The Kier molecular flexibility index (Phi) is 4.94. The molecule has 0 N–H and O–H groups in total. The Morgan fingerprint density at radius 2 is 1.81 bits per heavy atom. The molecule has 0 saturated heterocycles. The first-order chi connectivity index (χ1) is 10.2. The first-order valence-corrected chi connectivity index (χ1v) is 7.39. The molecule has 1 aromatic heterocycles. The van der Waals surface area contributed by atoms with E-state index in [-0.39, 0.29) is 0 Å². The van der Waals surface area contributed by atoms with E-state index >= 15 is 0 Å². The third-order valence-electron chi connectivity index (χ3n) is 3.32. The van der Waals surface area contributed by atoms with E-state index in [1.165, 1.54) is 0 Å². The number of aryl methyl sites for hydroxylation is 1. The molecule has 0 bridgehead atoms. The summed E-state index contributed by atoms with van der Waals surface area (Å²) in [4.78, 5) is 3.71. The summed E-state index contributed by atoms with van der Waals surface area (Å²) in [7, 11) is 0. The second-order valence-electron chi connectivity index (χ2n) is 5.05. The summed E-state index contributed by atoms with van der Waals surface area (Å²) in [5.41, 5.74) is 2.38. The number of rotatable bonds is 6. The van der Waals surface area contributed by atoms with Crippen molar-refractivity contribution in [2.45, 2.75) is 33.6 Å². The molecule has 21 heavy (non-hydrogen) atoms. The zero-order valence-electron chi connectivity index (χ0n) is 12.9. The second-order valence-corrected chi connectivity index (χ2v) is 5.05. The van der Waals surface area contributed by atoms with Crippen molar-refractivity contribution in [1.29, 1.82) is 5.26 Å². The number of nitrogens with zero attached hydrogens (tertiary/aromatic N) is 5. The van der Waals surface area contributed by atoms with E-state index in [9.17, 15) is 5.26 Å². The van der Waals surface area contributed by atoms with Crippen LogP contribution in [0.15, 0.2) is 24.3 Å². The Morgan fingerprint density at radius 1 is 1.14 bits per heavy atom. The zero-order chi connectivity index (χ0) is 15.2. The number of benzene rings is 1. The van der Waals surface area contributed by atoms with E-state index in [1.807, 2.05) is 31.2 Å². The maximum absolute atomic E-state index is 9.34. The number of para-hydroxylation sites is 1. The molecule has 2 aromatic rings. The summed E-state index contributed by atoms with van der Waals surface area (Å²) in [6, 6.07) is 10.1. The van der Waals surface area contributed by atoms with E-state index < -0.39 is 0 Å². The van der Waals surface area contributed by atoms with Gasteiger partial charge in [0, 0.05) is 13.1 Å². The van der Waals surface area contributed by atoms with Crippen molar-refractivity contribution in [2.75, 3.05) is 18.0 Å². The quantitative estimate of drug-likeness (QED) is 0.817. The maximum atomic E-state index is 9.34. The van der Waals surface area contributed by atoms with E-state index in [0.717, 1.165) is 37.2 Å². The van der Waals surface area contributed by atoms with Gasteiger partial charge < -0.3 is 4.90 Å². The van der Waals surface area contributed by atoms with Crippen LogP contribution in [0.2, 0.25) is 0 Å². The fraction of sp³-hybridized carbons (Fsp3) is 0.438. The molecular formula is C16H21N5. The van der Waals surface area contributed by atoms with Crippen LogP contribution >= 0.6 is 0 Å². The predicted molar refractivity (Wildman–Crippen MR) is 83.6 cm³/mol. The monoisotopic (exact) mass is 283 g/mol. The third kappa shape index (κ3) is 3.22. The van der Waals surface area contributed by atoms with Crippen LogP contribution in [0.25, 0.3) is 5.69 Å². The van der Waals surface area contributed by atoms with Gasteiger partial charge in [-0.3, -0.25) is 0 Å². The molecule has 0 aliphatic carbocycles. The molecule has 0 atom stereocenters. The molecule has 2 rings (SSSR count). The number of hydrogen-bond acceptors (Lipinski definition) is 4. The SMILES string of the molecule is CCCN(CCC)c1nn(-c2ccccc2C)nc1C#N. The van der Waals surface area contributed by atoms with Crippen LogP contribution in [-0.2, 0) is 0 Å². The Hall–Kier alpha value is -2.35. The molecule has 0 saturated carbocycles. The van der Waals surface area contributed by atoms with Gasteiger partial charge in [-0.25, -0.2) is 0 Å². The highest BCUT2D eigenvalue weighted by Crippen LogP contribution is 2.19. The Morgan fingerprint density at radius 3 is 2.38 bits per heavy atom. The van der Waals surface area contributed by atoms with Gasteiger partial charge in [0.05, 0.1) is 5.69 Å². The molecule has 1 heterocycles. The van der Waals surface area contributed by atoms with Crippen molar-refractivity contribution in [3.05, 3.63) is 35.5 Å². The summed E-state index contributed by atoms with van der Waals surface area (Å²) < 4.78 is 0. The Bertz CT molecular complexity index is 632. The van der Waals surface area contributed by atoms with Crippen LogP contribution in [0.3, 0.4) is 0 Å². The highest BCUT2D eigenvalue weighted by molar-refractivity contribution is 5.51. The Labute approximate surface area is 125 Å². The van der Waals surface area contributed by atoms with Gasteiger partial charge in [0.15, 0.2) is 5.82 Å². The lowest BCUT2D eigenvalue weighted by Crippen LogP contribution is -2.26. The maximum Gasteiger partial charge on any atom is 0.207 e.